The number of anilines is 1. The van der Waals surface area contributed by atoms with Gasteiger partial charge < -0.3 is 10.6 Å². The Labute approximate surface area is 109 Å². The molecule has 2 rings (SSSR count). The quantitative estimate of drug-likeness (QED) is 0.884. The van der Waals surface area contributed by atoms with E-state index < -0.39 is 23.6 Å². The van der Waals surface area contributed by atoms with Crippen molar-refractivity contribution in [2.24, 2.45) is 5.73 Å². The lowest BCUT2D eigenvalue weighted by atomic mass is 10.00. The third-order valence-electron chi connectivity index (χ3n) is 3.32. The Morgan fingerprint density at radius 3 is 2.74 bits per heavy atom. The lowest BCUT2D eigenvalue weighted by molar-refractivity contribution is -0.119. The van der Waals surface area contributed by atoms with Crippen LogP contribution in [0.5, 0.6) is 0 Å². The molecular formula is C13H13F2N3O. The Balaban J connectivity index is 2.43. The van der Waals surface area contributed by atoms with Gasteiger partial charge in [0.1, 0.15) is 12.1 Å². The van der Waals surface area contributed by atoms with E-state index >= 15 is 0 Å². The minimum absolute atomic E-state index is 0.0139. The lowest BCUT2D eigenvalue weighted by Crippen LogP contribution is -2.48. The number of halogens is 2. The SMILES string of the molecule is N#Cc1ccc(N2CCCCC2C(N)=O)c(F)c1F. The van der Waals surface area contributed by atoms with Gasteiger partial charge in [-0.25, -0.2) is 8.78 Å². The van der Waals surface area contributed by atoms with E-state index in [-0.39, 0.29) is 11.3 Å². The third kappa shape index (κ3) is 2.36. The molecule has 0 spiro atoms. The maximum absolute atomic E-state index is 14.0. The molecule has 0 radical (unpaired) electrons. The van der Waals surface area contributed by atoms with Crippen LogP contribution in [0.1, 0.15) is 24.8 Å². The molecule has 1 atom stereocenters. The van der Waals surface area contributed by atoms with Crippen molar-refractivity contribution < 1.29 is 13.6 Å². The molecule has 1 aromatic carbocycles. The number of benzene rings is 1. The number of piperidine rings is 1. The van der Waals surface area contributed by atoms with Crippen LogP contribution < -0.4 is 10.6 Å². The number of primary amides is 1. The van der Waals surface area contributed by atoms with Crippen molar-refractivity contribution in [3.63, 3.8) is 0 Å². The average Bonchev–Trinajstić information content (AvgIpc) is 2.42. The molecule has 1 aliphatic rings. The van der Waals surface area contributed by atoms with Gasteiger partial charge in [0.25, 0.3) is 0 Å². The molecule has 100 valence electrons. The molecule has 1 heterocycles. The van der Waals surface area contributed by atoms with Crippen LogP contribution in [0.25, 0.3) is 0 Å². The summed E-state index contributed by atoms with van der Waals surface area (Å²) < 4.78 is 27.6. The molecule has 1 unspecified atom stereocenters. The summed E-state index contributed by atoms with van der Waals surface area (Å²) in [5, 5.41) is 8.64. The number of nitrogens with zero attached hydrogens (tertiary/aromatic N) is 2. The third-order valence-corrected chi connectivity index (χ3v) is 3.32. The van der Waals surface area contributed by atoms with Gasteiger partial charge in [0, 0.05) is 6.54 Å². The van der Waals surface area contributed by atoms with E-state index in [1.165, 1.54) is 17.0 Å². The van der Waals surface area contributed by atoms with E-state index in [0.717, 1.165) is 12.8 Å². The first-order valence-electron chi connectivity index (χ1n) is 6.00. The highest BCUT2D eigenvalue weighted by Crippen LogP contribution is 2.29. The van der Waals surface area contributed by atoms with Gasteiger partial charge >= 0.3 is 0 Å². The number of carbonyl (C=O) groups excluding carboxylic acids is 1. The van der Waals surface area contributed by atoms with Gasteiger partial charge in [-0.2, -0.15) is 5.26 Å². The highest BCUT2D eigenvalue weighted by Gasteiger charge is 2.30. The monoisotopic (exact) mass is 265 g/mol. The minimum Gasteiger partial charge on any atom is -0.368 e. The van der Waals surface area contributed by atoms with Crippen LogP contribution in [0.3, 0.4) is 0 Å². The maximum Gasteiger partial charge on any atom is 0.240 e. The van der Waals surface area contributed by atoms with Crippen LogP contribution in [-0.4, -0.2) is 18.5 Å². The fourth-order valence-corrected chi connectivity index (χ4v) is 2.36. The van der Waals surface area contributed by atoms with Crippen molar-refractivity contribution >= 4 is 11.6 Å². The van der Waals surface area contributed by atoms with Crippen LogP contribution in [-0.2, 0) is 4.79 Å². The largest absolute Gasteiger partial charge is 0.368 e. The van der Waals surface area contributed by atoms with E-state index in [1.54, 1.807) is 6.07 Å². The second-order valence-electron chi connectivity index (χ2n) is 4.48. The van der Waals surface area contributed by atoms with Gasteiger partial charge in [0.15, 0.2) is 11.6 Å². The van der Waals surface area contributed by atoms with Gasteiger partial charge in [0.2, 0.25) is 5.91 Å². The highest BCUT2D eigenvalue weighted by atomic mass is 19.2. The van der Waals surface area contributed by atoms with Gasteiger partial charge in [-0.05, 0) is 31.4 Å². The van der Waals surface area contributed by atoms with Crippen LogP contribution in [0.15, 0.2) is 12.1 Å². The highest BCUT2D eigenvalue weighted by molar-refractivity contribution is 5.84. The molecule has 1 fully saturated rings. The molecule has 1 aliphatic heterocycles. The summed E-state index contributed by atoms with van der Waals surface area (Å²) in [5.74, 6) is -2.84. The van der Waals surface area contributed by atoms with Gasteiger partial charge in [-0.3, -0.25) is 4.79 Å². The molecule has 2 N–H and O–H groups in total. The predicted octanol–water partition coefficient (Wildman–Crippen LogP) is 1.68. The van der Waals surface area contributed by atoms with Crippen LogP contribution in [0, 0.1) is 23.0 Å². The van der Waals surface area contributed by atoms with Crippen LogP contribution in [0.4, 0.5) is 14.5 Å². The Kier molecular flexibility index (Phi) is 3.65. The normalized spacial score (nSPS) is 19.0. The van der Waals surface area contributed by atoms with Crippen molar-refractivity contribution in [1.29, 1.82) is 5.26 Å². The molecule has 0 bridgehead atoms. The summed E-state index contributed by atoms with van der Waals surface area (Å²) >= 11 is 0. The molecule has 4 nitrogen and oxygen atoms in total. The van der Waals surface area contributed by atoms with Crippen LogP contribution in [0.2, 0.25) is 0 Å². The number of amides is 1. The topological polar surface area (TPSA) is 70.1 Å². The summed E-state index contributed by atoms with van der Waals surface area (Å²) in [6.07, 6.45) is 2.13. The van der Waals surface area contributed by atoms with E-state index in [2.05, 4.69) is 0 Å². The van der Waals surface area contributed by atoms with E-state index in [4.69, 9.17) is 11.0 Å². The van der Waals surface area contributed by atoms with Gasteiger partial charge in [-0.15, -0.1) is 0 Å². The maximum atomic E-state index is 14.0. The number of nitrogens with two attached hydrogens (primary N) is 1. The molecule has 0 aliphatic carbocycles. The molecule has 1 amide bonds. The standard InChI is InChI=1S/C13H13F2N3O/c14-11-8(7-16)4-5-9(12(11)15)18-6-2-1-3-10(18)13(17)19/h4-5,10H,1-3,6H2,(H2,17,19). The van der Waals surface area contributed by atoms with Crippen molar-refractivity contribution in [3.05, 3.63) is 29.3 Å². The van der Waals surface area contributed by atoms with E-state index in [9.17, 15) is 13.6 Å². The first-order chi connectivity index (χ1) is 9.06. The Morgan fingerprint density at radius 1 is 1.37 bits per heavy atom. The summed E-state index contributed by atoms with van der Waals surface area (Å²) in [6.45, 7) is 0.440. The molecule has 0 saturated carbocycles. The Bertz CT molecular complexity index is 554. The molecule has 1 saturated heterocycles. The lowest BCUT2D eigenvalue weighted by Gasteiger charge is -2.35. The van der Waals surface area contributed by atoms with Crippen molar-refractivity contribution in [2.75, 3.05) is 11.4 Å². The summed E-state index contributed by atoms with van der Waals surface area (Å²) in [7, 11) is 0. The predicted molar refractivity (Wildman–Crippen MR) is 65.3 cm³/mol. The first-order valence-corrected chi connectivity index (χ1v) is 6.00. The summed E-state index contributed by atoms with van der Waals surface area (Å²) in [5.41, 5.74) is 4.92. The minimum atomic E-state index is -1.19. The first kappa shape index (κ1) is 13.3. The average molecular weight is 265 g/mol. The number of hydrogen-bond acceptors (Lipinski definition) is 3. The summed E-state index contributed by atoms with van der Waals surface area (Å²) in [4.78, 5) is 12.8. The van der Waals surface area contributed by atoms with Crippen molar-refractivity contribution in [1.82, 2.24) is 0 Å². The Morgan fingerprint density at radius 2 is 2.11 bits per heavy atom. The fourth-order valence-electron chi connectivity index (χ4n) is 2.36. The van der Waals surface area contributed by atoms with Crippen molar-refractivity contribution in [3.8, 4) is 6.07 Å². The smallest absolute Gasteiger partial charge is 0.240 e. The zero-order valence-corrected chi connectivity index (χ0v) is 10.2. The van der Waals surface area contributed by atoms with Crippen molar-refractivity contribution in [2.45, 2.75) is 25.3 Å². The molecule has 19 heavy (non-hydrogen) atoms. The second-order valence-corrected chi connectivity index (χ2v) is 4.48. The number of nitriles is 1. The molecule has 0 aromatic heterocycles. The molecule has 1 aromatic rings. The number of hydrogen-bond donors (Lipinski definition) is 1. The number of rotatable bonds is 2. The van der Waals surface area contributed by atoms with Crippen LogP contribution >= 0.6 is 0 Å². The molecular weight excluding hydrogens is 252 g/mol. The molecule has 6 heteroatoms. The van der Waals surface area contributed by atoms with E-state index in [0.29, 0.717) is 13.0 Å². The Hall–Kier alpha value is -2.16. The zero-order chi connectivity index (χ0) is 14.0. The fraction of sp³-hybridized carbons (Fsp3) is 0.385. The van der Waals surface area contributed by atoms with E-state index in [1.807, 2.05) is 0 Å². The van der Waals surface area contributed by atoms with Gasteiger partial charge in [0.05, 0.1) is 11.3 Å². The zero-order valence-electron chi connectivity index (χ0n) is 10.2. The second kappa shape index (κ2) is 5.22. The summed E-state index contributed by atoms with van der Waals surface area (Å²) in [6, 6.07) is 3.47. The van der Waals surface area contributed by atoms with Gasteiger partial charge in [-0.1, -0.05) is 0 Å². The number of carbonyl (C=O) groups is 1.